The second-order valence-electron chi connectivity index (χ2n) is 4.85. The van der Waals surface area contributed by atoms with Crippen molar-refractivity contribution in [3.8, 4) is 0 Å². The summed E-state index contributed by atoms with van der Waals surface area (Å²) in [5.41, 5.74) is 0.665. The Balaban J connectivity index is 2.78. The van der Waals surface area contributed by atoms with Crippen LogP contribution in [0.3, 0.4) is 0 Å². The van der Waals surface area contributed by atoms with Crippen LogP contribution in [0.25, 0.3) is 0 Å². The summed E-state index contributed by atoms with van der Waals surface area (Å²) >= 11 is 6.02. The summed E-state index contributed by atoms with van der Waals surface area (Å²) in [5.74, 6) is -0.00795. The van der Waals surface area contributed by atoms with Gasteiger partial charge < -0.3 is 5.32 Å². The predicted molar refractivity (Wildman–Crippen MR) is 81.3 cm³/mol. The molecular formula is C14H22ClNO2S. The van der Waals surface area contributed by atoms with Crippen molar-refractivity contribution in [2.24, 2.45) is 0 Å². The van der Waals surface area contributed by atoms with E-state index in [0.29, 0.717) is 10.6 Å². The molecule has 0 heterocycles. The van der Waals surface area contributed by atoms with Crippen molar-refractivity contribution in [1.82, 2.24) is 5.32 Å². The van der Waals surface area contributed by atoms with Crippen molar-refractivity contribution in [1.29, 1.82) is 0 Å². The average Bonchev–Trinajstić information content (AvgIpc) is 2.37. The van der Waals surface area contributed by atoms with E-state index in [9.17, 15) is 8.42 Å². The molecule has 0 radical (unpaired) electrons. The van der Waals surface area contributed by atoms with Gasteiger partial charge >= 0.3 is 0 Å². The van der Waals surface area contributed by atoms with Gasteiger partial charge in [-0.2, -0.15) is 0 Å². The van der Waals surface area contributed by atoms with E-state index >= 15 is 0 Å². The Morgan fingerprint density at radius 2 is 1.89 bits per heavy atom. The van der Waals surface area contributed by atoms with Gasteiger partial charge in [0.15, 0.2) is 9.84 Å². The summed E-state index contributed by atoms with van der Waals surface area (Å²) in [5, 5.41) is 3.30. The first-order chi connectivity index (χ1) is 8.88. The lowest BCUT2D eigenvalue weighted by atomic mass is 10.2. The number of nitrogens with one attached hydrogen (secondary N) is 1. The van der Waals surface area contributed by atoms with Gasteiger partial charge in [0, 0.05) is 11.1 Å². The number of halogens is 1. The van der Waals surface area contributed by atoms with Crippen LogP contribution in [0.4, 0.5) is 0 Å². The molecule has 0 saturated carbocycles. The van der Waals surface area contributed by atoms with Gasteiger partial charge in [-0.15, -0.1) is 0 Å². The largest absolute Gasteiger partial charge is 0.313 e. The normalized spacial score (nSPS) is 15.2. The van der Waals surface area contributed by atoms with Gasteiger partial charge in [-0.3, -0.25) is 0 Å². The number of rotatable bonds is 7. The van der Waals surface area contributed by atoms with Gasteiger partial charge in [0.1, 0.15) is 0 Å². The zero-order valence-electron chi connectivity index (χ0n) is 11.7. The zero-order chi connectivity index (χ0) is 14.5. The first kappa shape index (κ1) is 16.5. The van der Waals surface area contributed by atoms with Crippen molar-refractivity contribution >= 4 is 21.4 Å². The van der Waals surface area contributed by atoms with E-state index in [1.807, 2.05) is 6.92 Å². The van der Waals surface area contributed by atoms with Crippen LogP contribution in [0.1, 0.15) is 32.8 Å². The Hall–Kier alpha value is -0.580. The molecular weight excluding hydrogens is 282 g/mol. The minimum atomic E-state index is -3.21. The molecule has 0 aliphatic heterocycles. The van der Waals surface area contributed by atoms with E-state index < -0.39 is 15.1 Å². The molecule has 1 aromatic rings. The number of hydrogen-bond donors (Lipinski definition) is 1. The van der Waals surface area contributed by atoms with Gasteiger partial charge in [-0.1, -0.05) is 36.7 Å². The third-order valence-corrected chi connectivity index (χ3v) is 5.92. The fraction of sp³-hybridized carbons (Fsp3) is 0.571. The maximum absolute atomic E-state index is 12.4. The lowest BCUT2D eigenvalue weighted by Gasteiger charge is -2.21. The third-order valence-electron chi connectivity index (χ3n) is 3.30. The lowest BCUT2D eigenvalue weighted by Crippen LogP contribution is -2.41. The lowest BCUT2D eigenvalue weighted by molar-refractivity contribution is 0.509. The Labute approximate surface area is 121 Å². The Bertz CT molecular complexity index is 502. The molecule has 19 heavy (non-hydrogen) atoms. The summed E-state index contributed by atoms with van der Waals surface area (Å²) in [6.45, 7) is 6.54. The van der Waals surface area contributed by atoms with Crippen molar-refractivity contribution in [2.45, 2.75) is 44.2 Å². The molecule has 3 nitrogen and oxygen atoms in total. The molecule has 2 atom stereocenters. The van der Waals surface area contributed by atoms with Crippen molar-refractivity contribution in [3.05, 3.63) is 34.9 Å². The maximum atomic E-state index is 12.4. The molecule has 0 saturated heterocycles. The van der Waals surface area contributed by atoms with Crippen LogP contribution in [-0.2, 0) is 15.6 Å². The van der Waals surface area contributed by atoms with Crippen molar-refractivity contribution in [2.75, 3.05) is 6.54 Å². The monoisotopic (exact) mass is 303 g/mol. The maximum Gasteiger partial charge on any atom is 0.158 e. The van der Waals surface area contributed by atoms with E-state index in [1.54, 1.807) is 31.2 Å². The topological polar surface area (TPSA) is 46.2 Å². The molecule has 0 aromatic heterocycles. The van der Waals surface area contributed by atoms with E-state index in [0.717, 1.165) is 13.0 Å². The van der Waals surface area contributed by atoms with Gasteiger partial charge in [0.25, 0.3) is 0 Å². The summed E-state index contributed by atoms with van der Waals surface area (Å²) in [7, 11) is -3.21. The van der Waals surface area contributed by atoms with Crippen LogP contribution in [-0.4, -0.2) is 26.3 Å². The Morgan fingerprint density at radius 1 is 1.26 bits per heavy atom. The van der Waals surface area contributed by atoms with Crippen LogP contribution in [0.5, 0.6) is 0 Å². The zero-order valence-corrected chi connectivity index (χ0v) is 13.3. The highest BCUT2D eigenvalue weighted by Gasteiger charge is 2.26. The molecule has 108 valence electrons. The molecule has 0 aliphatic carbocycles. The van der Waals surface area contributed by atoms with Gasteiger partial charge in [-0.25, -0.2) is 8.42 Å². The molecule has 5 heteroatoms. The quantitative estimate of drug-likeness (QED) is 0.842. The third kappa shape index (κ3) is 4.79. The van der Waals surface area contributed by atoms with Crippen LogP contribution in [0, 0.1) is 0 Å². The molecule has 0 bridgehead atoms. The number of sulfone groups is 1. The van der Waals surface area contributed by atoms with Crippen LogP contribution in [0.2, 0.25) is 5.02 Å². The fourth-order valence-electron chi connectivity index (χ4n) is 1.81. The highest BCUT2D eigenvalue weighted by atomic mass is 35.5. The van der Waals surface area contributed by atoms with Crippen molar-refractivity contribution in [3.63, 3.8) is 0 Å². The Kier molecular flexibility index (Phi) is 6.30. The summed E-state index contributed by atoms with van der Waals surface area (Å²) in [6.07, 6.45) is 0.988. The van der Waals surface area contributed by atoms with E-state index in [2.05, 4.69) is 12.2 Å². The molecule has 1 N–H and O–H groups in total. The van der Waals surface area contributed by atoms with Gasteiger partial charge in [0.2, 0.25) is 0 Å². The van der Waals surface area contributed by atoms with E-state index in [-0.39, 0.29) is 11.8 Å². The molecule has 0 spiro atoms. The van der Waals surface area contributed by atoms with Crippen LogP contribution < -0.4 is 5.32 Å². The van der Waals surface area contributed by atoms with Gasteiger partial charge in [0.05, 0.1) is 11.0 Å². The highest BCUT2D eigenvalue weighted by Crippen LogP contribution is 2.20. The van der Waals surface area contributed by atoms with Gasteiger partial charge in [-0.05, 0) is 38.4 Å². The van der Waals surface area contributed by atoms with Crippen LogP contribution >= 0.6 is 11.6 Å². The first-order valence-electron chi connectivity index (χ1n) is 6.56. The van der Waals surface area contributed by atoms with Crippen molar-refractivity contribution < 1.29 is 8.42 Å². The second-order valence-corrected chi connectivity index (χ2v) is 7.61. The van der Waals surface area contributed by atoms with E-state index in [1.165, 1.54) is 0 Å². The average molecular weight is 304 g/mol. The fourth-order valence-corrected chi connectivity index (χ4v) is 3.76. The Morgan fingerprint density at radius 3 is 2.47 bits per heavy atom. The smallest absolute Gasteiger partial charge is 0.158 e. The summed E-state index contributed by atoms with van der Waals surface area (Å²) < 4.78 is 24.7. The summed E-state index contributed by atoms with van der Waals surface area (Å²) in [4.78, 5) is 0. The molecule has 0 fully saturated rings. The molecule has 1 aromatic carbocycles. The summed E-state index contributed by atoms with van der Waals surface area (Å²) in [6, 6.07) is 7.02. The number of hydrogen-bond acceptors (Lipinski definition) is 3. The predicted octanol–water partition coefficient (Wildman–Crippen LogP) is 3.03. The molecule has 0 aliphatic rings. The molecule has 1 rings (SSSR count). The van der Waals surface area contributed by atoms with Crippen LogP contribution in [0.15, 0.2) is 24.3 Å². The standard InChI is InChI=1S/C14H22ClNO2S/c1-4-9-16-11(2)12(3)19(17,18)10-13-7-5-6-8-14(13)15/h5-8,11-12,16H,4,9-10H2,1-3H3. The molecule has 0 amide bonds. The second kappa shape index (κ2) is 7.27. The molecule has 2 unspecified atom stereocenters. The SMILES string of the molecule is CCCNC(C)C(C)S(=O)(=O)Cc1ccccc1Cl. The highest BCUT2D eigenvalue weighted by molar-refractivity contribution is 7.91. The minimum absolute atomic E-state index is 0.00795. The number of benzene rings is 1. The van der Waals surface area contributed by atoms with E-state index in [4.69, 9.17) is 11.6 Å². The first-order valence-corrected chi connectivity index (χ1v) is 8.66. The minimum Gasteiger partial charge on any atom is -0.313 e.